The maximum atomic E-state index is 12.7. The van der Waals surface area contributed by atoms with Crippen molar-refractivity contribution in [3.05, 3.63) is 87.9 Å². The van der Waals surface area contributed by atoms with E-state index in [0.717, 1.165) is 27.5 Å². The second-order valence-corrected chi connectivity index (χ2v) is 8.03. The molecule has 3 nitrogen and oxygen atoms in total. The second-order valence-electron chi connectivity index (χ2n) is 6.54. The third-order valence-electron chi connectivity index (χ3n) is 4.38. The standard InChI is InChI=1S/C23H22ClNO2S/c1-15-4-10-21(16(2)12-15)25-23(26)17-5-11-22(27-3)18(13-17)14-28-20-8-6-19(24)7-9-20/h4-13H,14H2,1-3H3,(H,25,26). The number of rotatable bonds is 6. The van der Waals surface area contributed by atoms with Crippen LogP contribution in [0, 0.1) is 13.8 Å². The molecule has 0 saturated carbocycles. The molecule has 0 heterocycles. The maximum Gasteiger partial charge on any atom is 0.255 e. The van der Waals surface area contributed by atoms with E-state index in [1.54, 1.807) is 24.9 Å². The number of nitrogens with one attached hydrogen (secondary N) is 1. The van der Waals surface area contributed by atoms with Gasteiger partial charge in [-0.05, 0) is 67.9 Å². The Hall–Kier alpha value is -2.43. The van der Waals surface area contributed by atoms with Crippen LogP contribution in [0.1, 0.15) is 27.0 Å². The minimum atomic E-state index is -0.132. The second kappa shape index (κ2) is 9.18. The molecule has 3 aromatic rings. The number of hydrogen-bond donors (Lipinski definition) is 1. The number of aryl methyl sites for hydroxylation is 2. The first-order valence-corrected chi connectivity index (χ1v) is 10.3. The van der Waals surface area contributed by atoms with Crippen LogP contribution in [0.4, 0.5) is 5.69 Å². The number of carbonyl (C=O) groups is 1. The fourth-order valence-corrected chi connectivity index (χ4v) is 3.88. The summed E-state index contributed by atoms with van der Waals surface area (Å²) in [4.78, 5) is 13.8. The van der Waals surface area contributed by atoms with Crippen molar-refractivity contribution < 1.29 is 9.53 Å². The molecule has 0 aliphatic rings. The molecule has 144 valence electrons. The van der Waals surface area contributed by atoms with Crippen LogP contribution in [0.5, 0.6) is 5.75 Å². The molecule has 0 atom stereocenters. The molecule has 0 unspecified atom stereocenters. The Bertz CT molecular complexity index is 986. The summed E-state index contributed by atoms with van der Waals surface area (Å²) in [5.74, 6) is 1.33. The summed E-state index contributed by atoms with van der Waals surface area (Å²) in [7, 11) is 1.64. The van der Waals surface area contributed by atoms with Gasteiger partial charge in [0.05, 0.1) is 7.11 Å². The average molecular weight is 412 g/mol. The van der Waals surface area contributed by atoms with Crippen molar-refractivity contribution in [2.75, 3.05) is 12.4 Å². The number of benzene rings is 3. The van der Waals surface area contributed by atoms with Crippen molar-refractivity contribution >= 4 is 35.0 Å². The van der Waals surface area contributed by atoms with E-state index in [4.69, 9.17) is 16.3 Å². The molecule has 1 N–H and O–H groups in total. The highest BCUT2D eigenvalue weighted by Gasteiger charge is 2.12. The summed E-state index contributed by atoms with van der Waals surface area (Å²) >= 11 is 7.61. The van der Waals surface area contributed by atoms with Crippen molar-refractivity contribution in [1.82, 2.24) is 0 Å². The van der Waals surface area contributed by atoms with Crippen molar-refractivity contribution in [2.45, 2.75) is 24.5 Å². The Labute approximate surface area is 175 Å². The largest absolute Gasteiger partial charge is 0.496 e. The molecular formula is C23H22ClNO2S. The monoisotopic (exact) mass is 411 g/mol. The molecule has 0 fully saturated rings. The van der Waals surface area contributed by atoms with Crippen LogP contribution in [0.15, 0.2) is 65.6 Å². The van der Waals surface area contributed by atoms with Crippen LogP contribution in [0.3, 0.4) is 0 Å². The minimum absolute atomic E-state index is 0.132. The van der Waals surface area contributed by atoms with Crippen LogP contribution in [-0.4, -0.2) is 13.0 Å². The number of anilines is 1. The number of amides is 1. The van der Waals surface area contributed by atoms with E-state index in [1.165, 1.54) is 5.56 Å². The first-order chi connectivity index (χ1) is 13.5. The average Bonchev–Trinajstić information content (AvgIpc) is 2.69. The van der Waals surface area contributed by atoms with Gasteiger partial charge >= 0.3 is 0 Å². The molecule has 0 aliphatic heterocycles. The highest BCUT2D eigenvalue weighted by molar-refractivity contribution is 7.98. The highest BCUT2D eigenvalue weighted by atomic mass is 35.5. The van der Waals surface area contributed by atoms with Crippen LogP contribution in [0.25, 0.3) is 0 Å². The first-order valence-electron chi connectivity index (χ1n) is 8.90. The van der Waals surface area contributed by atoms with E-state index < -0.39 is 0 Å². The minimum Gasteiger partial charge on any atom is -0.496 e. The van der Waals surface area contributed by atoms with Crippen LogP contribution < -0.4 is 10.1 Å². The Morgan fingerprint density at radius 1 is 1.04 bits per heavy atom. The molecule has 0 radical (unpaired) electrons. The molecule has 0 bridgehead atoms. The number of ether oxygens (including phenoxy) is 1. The van der Waals surface area contributed by atoms with E-state index in [-0.39, 0.29) is 5.91 Å². The fraction of sp³-hybridized carbons (Fsp3) is 0.174. The predicted octanol–water partition coefficient (Wildman–Crippen LogP) is 6.51. The van der Waals surface area contributed by atoms with Gasteiger partial charge in [0.1, 0.15) is 5.75 Å². The summed E-state index contributed by atoms with van der Waals surface area (Å²) in [5.41, 5.74) is 4.61. The molecule has 1 amide bonds. The van der Waals surface area contributed by atoms with Gasteiger partial charge in [-0.15, -0.1) is 11.8 Å². The summed E-state index contributed by atoms with van der Waals surface area (Å²) in [6, 6.07) is 19.2. The van der Waals surface area contributed by atoms with Gasteiger partial charge in [0.15, 0.2) is 0 Å². The number of methoxy groups -OCH3 is 1. The third kappa shape index (κ3) is 5.09. The van der Waals surface area contributed by atoms with Gasteiger partial charge in [-0.25, -0.2) is 0 Å². The zero-order chi connectivity index (χ0) is 20.1. The van der Waals surface area contributed by atoms with Crippen molar-refractivity contribution in [2.24, 2.45) is 0 Å². The van der Waals surface area contributed by atoms with E-state index in [2.05, 4.69) is 11.4 Å². The summed E-state index contributed by atoms with van der Waals surface area (Å²) < 4.78 is 5.47. The number of thioether (sulfide) groups is 1. The quantitative estimate of drug-likeness (QED) is 0.470. The molecular weight excluding hydrogens is 390 g/mol. The van der Waals surface area contributed by atoms with E-state index >= 15 is 0 Å². The molecule has 3 aromatic carbocycles. The van der Waals surface area contributed by atoms with Gasteiger partial charge in [-0.3, -0.25) is 4.79 Å². The summed E-state index contributed by atoms with van der Waals surface area (Å²) in [5, 5.41) is 3.71. The van der Waals surface area contributed by atoms with Crippen LogP contribution in [0.2, 0.25) is 5.02 Å². The van der Waals surface area contributed by atoms with Gasteiger partial charge in [-0.1, -0.05) is 29.3 Å². The third-order valence-corrected chi connectivity index (χ3v) is 5.69. The van der Waals surface area contributed by atoms with E-state index in [0.29, 0.717) is 16.3 Å². The lowest BCUT2D eigenvalue weighted by Crippen LogP contribution is -2.13. The normalized spacial score (nSPS) is 10.6. The van der Waals surface area contributed by atoms with Crippen molar-refractivity contribution in [3.63, 3.8) is 0 Å². The van der Waals surface area contributed by atoms with Gasteiger partial charge < -0.3 is 10.1 Å². The van der Waals surface area contributed by atoms with Gasteiger partial charge in [0, 0.05) is 32.5 Å². The molecule has 28 heavy (non-hydrogen) atoms. The van der Waals surface area contributed by atoms with Crippen LogP contribution >= 0.6 is 23.4 Å². The molecule has 0 spiro atoms. The highest BCUT2D eigenvalue weighted by Crippen LogP contribution is 2.30. The van der Waals surface area contributed by atoms with Crippen molar-refractivity contribution in [3.8, 4) is 5.75 Å². The van der Waals surface area contributed by atoms with Crippen molar-refractivity contribution in [1.29, 1.82) is 0 Å². The fourth-order valence-electron chi connectivity index (χ4n) is 2.87. The predicted molar refractivity (Wildman–Crippen MR) is 118 cm³/mol. The summed E-state index contributed by atoms with van der Waals surface area (Å²) in [6.07, 6.45) is 0. The Morgan fingerprint density at radius 2 is 1.79 bits per heavy atom. The molecule has 5 heteroatoms. The molecule has 3 rings (SSSR count). The summed E-state index contributed by atoms with van der Waals surface area (Å²) in [6.45, 7) is 4.03. The number of hydrogen-bond acceptors (Lipinski definition) is 3. The zero-order valence-electron chi connectivity index (χ0n) is 16.1. The van der Waals surface area contributed by atoms with Gasteiger partial charge in [0.25, 0.3) is 5.91 Å². The van der Waals surface area contributed by atoms with Crippen LogP contribution in [-0.2, 0) is 5.75 Å². The lowest BCUT2D eigenvalue weighted by atomic mass is 10.1. The topological polar surface area (TPSA) is 38.3 Å². The number of carbonyl (C=O) groups excluding carboxylic acids is 1. The first kappa shape index (κ1) is 20.3. The van der Waals surface area contributed by atoms with Gasteiger partial charge in [0.2, 0.25) is 0 Å². The molecule has 0 aromatic heterocycles. The Morgan fingerprint density at radius 3 is 2.46 bits per heavy atom. The Balaban J connectivity index is 1.77. The van der Waals surface area contributed by atoms with E-state index in [9.17, 15) is 4.79 Å². The lowest BCUT2D eigenvalue weighted by Gasteiger charge is -2.12. The Kier molecular flexibility index (Phi) is 6.65. The molecule has 0 saturated heterocycles. The number of halogens is 1. The van der Waals surface area contributed by atoms with E-state index in [1.807, 2.05) is 62.4 Å². The SMILES string of the molecule is COc1ccc(C(=O)Nc2ccc(C)cc2C)cc1CSc1ccc(Cl)cc1. The molecule has 0 aliphatic carbocycles. The maximum absolute atomic E-state index is 12.7. The smallest absolute Gasteiger partial charge is 0.255 e. The van der Waals surface area contributed by atoms with Gasteiger partial charge in [-0.2, -0.15) is 0 Å². The zero-order valence-corrected chi connectivity index (χ0v) is 17.7. The lowest BCUT2D eigenvalue weighted by molar-refractivity contribution is 0.102.